The molecule has 0 saturated heterocycles. The van der Waals surface area contributed by atoms with Crippen LogP contribution in [0.25, 0.3) is 0 Å². The number of benzene rings is 1. The lowest BCUT2D eigenvalue weighted by atomic mass is 10.1. The number of amides is 1. The molecule has 0 atom stereocenters. The lowest BCUT2D eigenvalue weighted by molar-refractivity contribution is -0.120. The van der Waals surface area contributed by atoms with Gasteiger partial charge in [-0.1, -0.05) is 30.4 Å². The van der Waals surface area contributed by atoms with Gasteiger partial charge in [0.1, 0.15) is 5.75 Å². The minimum Gasteiger partial charge on any atom is -0.496 e. The molecular formula is C14H20N2O2S. The highest BCUT2D eigenvalue weighted by Crippen LogP contribution is 2.17. The first-order chi connectivity index (χ1) is 9.13. The molecule has 0 bridgehead atoms. The molecular weight excluding hydrogens is 260 g/mol. The van der Waals surface area contributed by atoms with E-state index in [-0.39, 0.29) is 5.91 Å². The van der Waals surface area contributed by atoms with E-state index in [1.165, 1.54) is 0 Å². The molecule has 104 valence electrons. The fourth-order valence-corrected chi connectivity index (χ4v) is 1.88. The van der Waals surface area contributed by atoms with Crippen molar-refractivity contribution >= 4 is 23.1 Å². The zero-order valence-electron chi connectivity index (χ0n) is 11.1. The molecule has 0 heterocycles. The van der Waals surface area contributed by atoms with E-state index in [4.69, 9.17) is 22.7 Å². The van der Waals surface area contributed by atoms with Crippen LogP contribution in [0, 0.1) is 0 Å². The third kappa shape index (κ3) is 6.20. The zero-order valence-corrected chi connectivity index (χ0v) is 12.0. The molecule has 0 aliphatic carbocycles. The average Bonchev–Trinajstić information content (AvgIpc) is 2.38. The number of methoxy groups -OCH3 is 1. The summed E-state index contributed by atoms with van der Waals surface area (Å²) < 4.78 is 5.21. The van der Waals surface area contributed by atoms with Crippen LogP contribution in [0.1, 0.15) is 24.8 Å². The smallest absolute Gasteiger partial charge is 0.224 e. The summed E-state index contributed by atoms with van der Waals surface area (Å²) in [6.07, 6.45) is 2.86. The van der Waals surface area contributed by atoms with E-state index in [9.17, 15) is 4.79 Å². The van der Waals surface area contributed by atoms with Gasteiger partial charge in [-0.05, 0) is 25.3 Å². The van der Waals surface area contributed by atoms with E-state index in [1.807, 2.05) is 24.3 Å². The number of carbonyl (C=O) groups is 1. The third-order valence-corrected chi connectivity index (χ3v) is 2.92. The second kappa shape index (κ2) is 8.48. The topological polar surface area (TPSA) is 64.3 Å². The van der Waals surface area contributed by atoms with Crippen molar-refractivity contribution in [2.75, 3.05) is 13.7 Å². The van der Waals surface area contributed by atoms with Gasteiger partial charge < -0.3 is 15.8 Å². The molecule has 0 aliphatic heterocycles. The van der Waals surface area contributed by atoms with Crippen LogP contribution in [0.15, 0.2) is 24.3 Å². The maximum absolute atomic E-state index is 11.8. The highest BCUT2D eigenvalue weighted by Gasteiger charge is 2.07. The van der Waals surface area contributed by atoms with E-state index in [0.29, 0.717) is 18.0 Å². The SMILES string of the molecule is COc1ccccc1CC(=O)NCCCCC(N)=S. The first kappa shape index (κ1) is 15.4. The first-order valence-corrected chi connectivity index (χ1v) is 6.71. The number of nitrogens with two attached hydrogens (primary N) is 1. The number of rotatable bonds is 8. The minimum absolute atomic E-state index is 0.000162. The molecule has 3 N–H and O–H groups in total. The molecule has 0 spiro atoms. The molecule has 0 aliphatic rings. The monoisotopic (exact) mass is 280 g/mol. The summed E-state index contributed by atoms with van der Waals surface area (Å²) in [6.45, 7) is 0.649. The standard InChI is InChI=1S/C14H20N2O2S/c1-18-12-7-3-2-6-11(12)10-14(17)16-9-5-4-8-13(15)19/h2-3,6-7H,4-5,8-10H2,1H3,(H2,15,19)(H,16,17). The Morgan fingerprint density at radius 1 is 1.37 bits per heavy atom. The van der Waals surface area contributed by atoms with Crippen LogP contribution >= 0.6 is 12.2 Å². The molecule has 5 heteroatoms. The average molecular weight is 280 g/mol. The summed E-state index contributed by atoms with van der Waals surface area (Å²) in [5, 5.41) is 2.88. The van der Waals surface area contributed by atoms with Gasteiger partial charge in [-0.2, -0.15) is 0 Å². The van der Waals surface area contributed by atoms with Crippen LogP contribution in [0.5, 0.6) is 5.75 Å². The lowest BCUT2D eigenvalue weighted by Crippen LogP contribution is -2.26. The Labute approximate surface area is 119 Å². The van der Waals surface area contributed by atoms with Crippen molar-refractivity contribution in [3.8, 4) is 5.75 Å². The number of unbranched alkanes of at least 4 members (excludes halogenated alkanes) is 1. The van der Waals surface area contributed by atoms with Crippen LogP contribution in [0.2, 0.25) is 0 Å². The van der Waals surface area contributed by atoms with E-state index in [1.54, 1.807) is 7.11 Å². The Morgan fingerprint density at radius 2 is 2.11 bits per heavy atom. The fraction of sp³-hybridized carbons (Fsp3) is 0.429. The maximum Gasteiger partial charge on any atom is 0.224 e. The van der Waals surface area contributed by atoms with Gasteiger partial charge >= 0.3 is 0 Å². The number of nitrogens with one attached hydrogen (secondary N) is 1. The maximum atomic E-state index is 11.8. The van der Waals surface area contributed by atoms with E-state index in [0.717, 1.165) is 30.6 Å². The van der Waals surface area contributed by atoms with Crippen molar-refractivity contribution in [1.82, 2.24) is 5.32 Å². The van der Waals surface area contributed by atoms with Crippen LogP contribution in [-0.2, 0) is 11.2 Å². The predicted octanol–water partition coefficient (Wildman–Crippen LogP) is 1.81. The highest BCUT2D eigenvalue weighted by molar-refractivity contribution is 7.80. The van der Waals surface area contributed by atoms with Gasteiger partial charge in [0.2, 0.25) is 5.91 Å². The number of ether oxygens (including phenoxy) is 1. The minimum atomic E-state index is -0.000162. The number of thiocarbonyl (C=S) groups is 1. The molecule has 1 aromatic rings. The summed E-state index contributed by atoms with van der Waals surface area (Å²) in [4.78, 5) is 12.3. The summed E-state index contributed by atoms with van der Waals surface area (Å²) in [5.41, 5.74) is 6.29. The normalized spacial score (nSPS) is 9.95. The number of hydrogen-bond acceptors (Lipinski definition) is 3. The summed E-state index contributed by atoms with van der Waals surface area (Å²) in [7, 11) is 1.60. The van der Waals surface area contributed by atoms with Gasteiger partial charge in [-0.15, -0.1) is 0 Å². The second-order valence-electron chi connectivity index (χ2n) is 4.26. The second-order valence-corrected chi connectivity index (χ2v) is 4.79. The molecule has 0 unspecified atom stereocenters. The van der Waals surface area contributed by atoms with Crippen molar-refractivity contribution in [2.24, 2.45) is 5.73 Å². The fourth-order valence-electron chi connectivity index (χ4n) is 1.74. The molecule has 0 fully saturated rings. The van der Waals surface area contributed by atoms with Gasteiger partial charge in [0.15, 0.2) is 0 Å². The molecule has 1 amide bonds. The van der Waals surface area contributed by atoms with Gasteiger partial charge in [-0.3, -0.25) is 4.79 Å². The molecule has 0 saturated carbocycles. The molecule has 0 radical (unpaired) electrons. The largest absolute Gasteiger partial charge is 0.496 e. The Hall–Kier alpha value is -1.62. The van der Waals surface area contributed by atoms with Crippen LogP contribution in [0.3, 0.4) is 0 Å². The predicted molar refractivity (Wildman–Crippen MR) is 80.3 cm³/mol. The molecule has 4 nitrogen and oxygen atoms in total. The third-order valence-electron chi connectivity index (χ3n) is 2.72. The van der Waals surface area contributed by atoms with Gasteiger partial charge in [0.05, 0.1) is 18.5 Å². The first-order valence-electron chi connectivity index (χ1n) is 6.30. The van der Waals surface area contributed by atoms with Crippen LogP contribution < -0.4 is 15.8 Å². The van der Waals surface area contributed by atoms with Crippen LogP contribution in [0.4, 0.5) is 0 Å². The van der Waals surface area contributed by atoms with E-state index >= 15 is 0 Å². The number of para-hydroxylation sites is 1. The van der Waals surface area contributed by atoms with Crippen molar-refractivity contribution in [3.05, 3.63) is 29.8 Å². The molecule has 19 heavy (non-hydrogen) atoms. The Bertz CT molecular complexity index is 435. The van der Waals surface area contributed by atoms with Gasteiger partial charge in [-0.25, -0.2) is 0 Å². The van der Waals surface area contributed by atoms with Crippen molar-refractivity contribution in [3.63, 3.8) is 0 Å². The summed E-state index contributed by atoms with van der Waals surface area (Å²) in [6, 6.07) is 7.53. The van der Waals surface area contributed by atoms with Crippen molar-refractivity contribution < 1.29 is 9.53 Å². The lowest BCUT2D eigenvalue weighted by Gasteiger charge is -2.08. The van der Waals surface area contributed by atoms with Crippen molar-refractivity contribution in [1.29, 1.82) is 0 Å². The van der Waals surface area contributed by atoms with E-state index in [2.05, 4.69) is 5.32 Å². The van der Waals surface area contributed by atoms with Crippen LogP contribution in [-0.4, -0.2) is 24.6 Å². The zero-order chi connectivity index (χ0) is 14.1. The van der Waals surface area contributed by atoms with Gasteiger partial charge in [0.25, 0.3) is 0 Å². The highest BCUT2D eigenvalue weighted by atomic mass is 32.1. The van der Waals surface area contributed by atoms with Crippen molar-refractivity contribution in [2.45, 2.75) is 25.7 Å². The number of carbonyl (C=O) groups excluding carboxylic acids is 1. The quantitative estimate of drug-likeness (QED) is 0.563. The summed E-state index contributed by atoms with van der Waals surface area (Å²) in [5.74, 6) is 0.742. The molecule has 0 aromatic heterocycles. The number of hydrogen-bond donors (Lipinski definition) is 2. The molecule has 1 rings (SSSR count). The van der Waals surface area contributed by atoms with Gasteiger partial charge in [0, 0.05) is 12.1 Å². The summed E-state index contributed by atoms with van der Waals surface area (Å²) >= 11 is 4.79. The Balaban J connectivity index is 2.29. The Morgan fingerprint density at radius 3 is 2.79 bits per heavy atom. The molecule has 1 aromatic carbocycles. The van der Waals surface area contributed by atoms with E-state index < -0.39 is 0 Å². The Kier molecular flexibility index (Phi) is 6.89.